The van der Waals surface area contributed by atoms with Gasteiger partial charge in [-0.1, -0.05) is 36.3 Å². The van der Waals surface area contributed by atoms with Gasteiger partial charge in [0.2, 0.25) is 0 Å². The SMILES string of the molecule is COC(=O)CCc1nc(C#Cc2cccc(NS(=O)(=O)C(F)(F)F)c2)ccc1OCCCC/C=C/c1ccc(OC)cc1. The van der Waals surface area contributed by atoms with Gasteiger partial charge in [0.15, 0.2) is 0 Å². The van der Waals surface area contributed by atoms with E-state index in [0.29, 0.717) is 23.7 Å². The van der Waals surface area contributed by atoms with Gasteiger partial charge in [0.05, 0.1) is 38.6 Å². The van der Waals surface area contributed by atoms with Crippen molar-refractivity contribution >= 4 is 27.8 Å². The number of pyridine rings is 1. The first-order valence-electron chi connectivity index (χ1n) is 13.2. The number of aromatic nitrogens is 1. The molecule has 0 saturated carbocycles. The first-order chi connectivity index (χ1) is 20.5. The van der Waals surface area contributed by atoms with Gasteiger partial charge in [-0.3, -0.25) is 9.52 Å². The fourth-order valence-electron chi connectivity index (χ4n) is 3.68. The molecule has 0 aliphatic carbocycles. The van der Waals surface area contributed by atoms with Crippen LogP contribution in [0.3, 0.4) is 0 Å². The average Bonchev–Trinajstić information content (AvgIpc) is 2.98. The van der Waals surface area contributed by atoms with E-state index >= 15 is 0 Å². The quantitative estimate of drug-likeness (QED) is 0.140. The van der Waals surface area contributed by atoms with Crippen LogP contribution in [0, 0.1) is 11.8 Å². The second kappa shape index (κ2) is 15.7. The number of carbonyl (C=O) groups is 1. The summed E-state index contributed by atoms with van der Waals surface area (Å²) in [5, 5.41) is 0. The lowest BCUT2D eigenvalue weighted by molar-refractivity contribution is -0.140. The Morgan fingerprint density at radius 3 is 2.49 bits per heavy atom. The third-order valence-corrected chi connectivity index (χ3v) is 7.04. The first kappa shape index (κ1) is 33.0. The second-order valence-corrected chi connectivity index (χ2v) is 10.8. The van der Waals surface area contributed by atoms with Gasteiger partial charge in [-0.05, 0) is 73.2 Å². The molecule has 0 fully saturated rings. The number of aryl methyl sites for hydroxylation is 1. The third kappa shape index (κ3) is 10.7. The Labute approximate surface area is 248 Å². The predicted octanol–water partition coefficient (Wildman–Crippen LogP) is 6.12. The van der Waals surface area contributed by atoms with Crippen molar-refractivity contribution < 1.29 is 40.6 Å². The highest BCUT2D eigenvalue weighted by Gasteiger charge is 2.46. The summed E-state index contributed by atoms with van der Waals surface area (Å²) in [5.41, 5.74) is -3.55. The zero-order valence-electron chi connectivity index (χ0n) is 23.6. The summed E-state index contributed by atoms with van der Waals surface area (Å²) in [6, 6.07) is 16.3. The molecule has 0 radical (unpaired) electrons. The van der Waals surface area contributed by atoms with Crippen molar-refractivity contribution in [2.24, 2.45) is 0 Å². The Morgan fingerprint density at radius 1 is 1.02 bits per heavy atom. The summed E-state index contributed by atoms with van der Waals surface area (Å²) in [6.07, 6.45) is 7.03. The molecule has 3 aromatic rings. The number of nitrogens with zero attached hydrogens (tertiary/aromatic N) is 1. The van der Waals surface area contributed by atoms with Crippen LogP contribution in [0.15, 0.2) is 66.7 Å². The molecule has 8 nitrogen and oxygen atoms in total. The smallest absolute Gasteiger partial charge is 0.497 e. The number of hydrogen-bond acceptors (Lipinski definition) is 7. The summed E-state index contributed by atoms with van der Waals surface area (Å²) in [7, 11) is -2.64. The number of hydrogen-bond donors (Lipinski definition) is 1. The lowest BCUT2D eigenvalue weighted by Crippen LogP contribution is -2.29. The zero-order valence-corrected chi connectivity index (χ0v) is 24.4. The van der Waals surface area contributed by atoms with Gasteiger partial charge in [-0.25, -0.2) is 4.98 Å². The van der Waals surface area contributed by atoms with Gasteiger partial charge in [0, 0.05) is 12.0 Å². The second-order valence-electron chi connectivity index (χ2n) is 9.12. The number of alkyl halides is 3. The van der Waals surface area contributed by atoms with Crippen LogP contribution in [0.4, 0.5) is 18.9 Å². The molecule has 0 aliphatic rings. The maximum atomic E-state index is 12.7. The molecule has 0 aliphatic heterocycles. The van der Waals surface area contributed by atoms with E-state index < -0.39 is 21.5 Å². The Bertz CT molecular complexity index is 1580. The number of anilines is 1. The molecule has 1 N–H and O–H groups in total. The van der Waals surface area contributed by atoms with Gasteiger partial charge >= 0.3 is 21.5 Å². The average molecular weight is 617 g/mol. The predicted molar refractivity (Wildman–Crippen MR) is 157 cm³/mol. The molecule has 0 atom stereocenters. The van der Waals surface area contributed by atoms with Crippen LogP contribution in [0.1, 0.15) is 48.2 Å². The van der Waals surface area contributed by atoms with E-state index in [1.807, 2.05) is 30.3 Å². The Balaban J connectivity index is 1.62. The minimum absolute atomic E-state index is 0.0777. The molecule has 43 heavy (non-hydrogen) atoms. The fourth-order valence-corrected chi connectivity index (χ4v) is 4.23. The first-order valence-corrected chi connectivity index (χ1v) is 14.7. The number of benzene rings is 2. The minimum Gasteiger partial charge on any atom is -0.497 e. The number of halogens is 3. The topological polar surface area (TPSA) is 104 Å². The highest BCUT2D eigenvalue weighted by molar-refractivity contribution is 7.93. The number of carbonyl (C=O) groups excluding carboxylic acids is 1. The number of ether oxygens (including phenoxy) is 3. The number of unbranched alkanes of at least 4 members (excludes halogenated alkanes) is 2. The molecule has 0 spiro atoms. The molecule has 0 saturated heterocycles. The van der Waals surface area contributed by atoms with Crippen molar-refractivity contribution in [3.05, 3.63) is 89.3 Å². The van der Waals surface area contributed by atoms with Crippen molar-refractivity contribution in [2.75, 3.05) is 25.5 Å². The van der Waals surface area contributed by atoms with Crippen LogP contribution in [-0.4, -0.2) is 45.7 Å². The molecule has 0 bridgehead atoms. The molecule has 1 aromatic heterocycles. The highest BCUT2D eigenvalue weighted by Crippen LogP contribution is 2.26. The van der Waals surface area contributed by atoms with Crippen LogP contribution in [0.5, 0.6) is 11.5 Å². The Morgan fingerprint density at radius 2 is 1.79 bits per heavy atom. The standard InChI is InChI=1S/C31H31F3N2O6S/c1-40-27-16-12-23(13-17-27)8-5-3-4-6-21-42-29-19-15-25(35-28(29)18-20-30(37)41-2)14-11-24-9-7-10-26(22-24)36-43(38,39)31(32,33)34/h5,7-10,12-13,15-17,19,22,36H,3-4,6,18,20-21H2,1-2H3/b8-5+. The monoisotopic (exact) mass is 616 g/mol. The number of allylic oxidation sites excluding steroid dienone is 1. The number of nitrogens with one attached hydrogen (secondary N) is 1. The van der Waals surface area contributed by atoms with Gasteiger partial charge < -0.3 is 14.2 Å². The summed E-state index contributed by atoms with van der Waals surface area (Å²) >= 11 is 0. The Hall–Kier alpha value is -4.50. The number of methoxy groups -OCH3 is 2. The molecule has 3 rings (SSSR count). The lowest BCUT2D eigenvalue weighted by Gasteiger charge is -2.11. The van der Waals surface area contributed by atoms with E-state index in [9.17, 15) is 26.4 Å². The van der Waals surface area contributed by atoms with Crippen molar-refractivity contribution in [1.29, 1.82) is 0 Å². The molecule has 0 amide bonds. The van der Waals surface area contributed by atoms with E-state index in [-0.39, 0.29) is 24.1 Å². The maximum absolute atomic E-state index is 12.7. The third-order valence-electron chi connectivity index (χ3n) is 5.93. The van der Waals surface area contributed by atoms with Crippen molar-refractivity contribution in [2.45, 2.75) is 37.6 Å². The summed E-state index contributed by atoms with van der Waals surface area (Å²) in [4.78, 5) is 16.2. The van der Waals surface area contributed by atoms with E-state index in [4.69, 9.17) is 14.2 Å². The van der Waals surface area contributed by atoms with Crippen LogP contribution >= 0.6 is 0 Å². The van der Waals surface area contributed by atoms with Crippen LogP contribution in [0.2, 0.25) is 0 Å². The fraction of sp³-hybridized carbons (Fsp3) is 0.290. The van der Waals surface area contributed by atoms with Crippen molar-refractivity contribution in [1.82, 2.24) is 4.98 Å². The molecular weight excluding hydrogens is 585 g/mol. The lowest BCUT2D eigenvalue weighted by atomic mass is 10.1. The van der Waals surface area contributed by atoms with Gasteiger partial charge in [-0.2, -0.15) is 21.6 Å². The minimum atomic E-state index is -5.56. The Kier molecular flexibility index (Phi) is 12.0. The van der Waals surface area contributed by atoms with Crippen molar-refractivity contribution in [3.63, 3.8) is 0 Å². The molecule has 2 aromatic carbocycles. The van der Waals surface area contributed by atoms with E-state index in [2.05, 4.69) is 22.9 Å². The van der Waals surface area contributed by atoms with Gasteiger partial charge in [0.25, 0.3) is 0 Å². The number of esters is 1. The van der Waals surface area contributed by atoms with Crippen LogP contribution in [0.25, 0.3) is 6.08 Å². The molecular formula is C31H31F3N2O6S. The van der Waals surface area contributed by atoms with E-state index in [1.165, 1.54) is 36.1 Å². The molecule has 228 valence electrons. The maximum Gasteiger partial charge on any atom is 0.516 e. The highest BCUT2D eigenvalue weighted by atomic mass is 32.2. The number of rotatable bonds is 13. The van der Waals surface area contributed by atoms with Gasteiger partial charge in [0.1, 0.15) is 17.2 Å². The summed E-state index contributed by atoms with van der Waals surface area (Å²) in [5.74, 6) is 6.48. The van der Waals surface area contributed by atoms with E-state index in [0.717, 1.165) is 30.6 Å². The molecule has 0 unspecified atom stereocenters. The zero-order chi connectivity index (χ0) is 31.3. The van der Waals surface area contributed by atoms with Crippen LogP contribution < -0.4 is 14.2 Å². The normalized spacial score (nSPS) is 11.5. The molecule has 1 heterocycles. The van der Waals surface area contributed by atoms with Crippen molar-refractivity contribution in [3.8, 4) is 23.3 Å². The van der Waals surface area contributed by atoms with Gasteiger partial charge in [-0.15, -0.1) is 0 Å². The number of sulfonamides is 1. The largest absolute Gasteiger partial charge is 0.516 e. The summed E-state index contributed by atoms with van der Waals surface area (Å²) < 4.78 is 78.2. The molecule has 12 heteroatoms. The summed E-state index contributed by atoms with van der Waals surface area (Å²) in [6.45, 7) is 0.439. The van der Waals surface area contributed by atoms with E-state index in [1.54, 1.807) is 19.2 Å². The van der Waals surface area contributed by atoms with Crippen LogP contribution in [-0.2, 0) is 26.0 Å².